The molecule has 0 saturated heterocycles. The van der Waals surface area contributed by atoms with Crippen molar-refractivity contribution in [3.63, 3.8) is 0 Å². The Morgan fingerprint density at radius 3 is 2.17 bits per heavy atom. The molecule has 0 radical (unpaired) electrons. The highest BCUT2D eigenvalue weighted by Crippen LogP contribution is 2.32. The summed E-state index contributed by atoms with van der Waals surface area (Å²) < 4.78 is 5.92. The van der Waals surface area contributed by atoms with Gasteiger partial charge in [-0.3, -0.25) is 4.79 Å². The molecule has 1 aliphatic rings. The maximum atomic E-state index is 11.1. The average Bonchev–Trinajstić information content (AvgIpc) is 2.79. The van der Waals surface area contributed by atoms with Gasteiger partial charge in [0.2, 0.25) is 0 Å². The predicted octanol–water partition coefficient (Wildman–Crippen LogP) is 5.08. The van der Waals surface area contributed by atoms with E-state index in [1.54, 1.807) is 0 Å². The molecule has 0 spiro atoms. The van der Waals surface area contributed by atoms with Gasteiger partial charge in [-0.05, 0) is 37.2 Å². The second-order valence-corrected chi connectivity index (χ2v) is 7.51. The highest BCUT2D eigenvalue weighted by Gasteiger charge is 2.26. The number of aliphatic carboxylic acids is 1. The fourth-order valence-electron chi connectivity index (χ4n) is 3.85. The Hall–Kier alpha value is -3.21. The molecule has 5 heteroatoms. The number of carbonyl (C=O) groups is 1. The summed E-state index contributed by atoms with van der Waals surface area (Å²) in [6.07, 6.45) is 4.98. The standard InChI is InChI=1S/C24H24N2O3/c27-23(28)20-13-11-17(12-14-20)16-29-24-25-15-21(18-7-3-1-4-8-18)22(26-24)19-9-5-2-6-10-19/h1-10,15,17,20H,11-14,16H2,(H,27,28). The molecule has 1 aromatic heterocycles. The number of nitrogens with zero attached hydrogens (tertiary/aromatic N) is 2. The van der Waals surface area contributed by atoms with Crippen LogP contribution in [-0.4, -0.2) is 27.7 Å². The molecule has 0 bridgehead atoms. The van der Waals surface area contributed by atoms with Crippen molar-refractivity contribution in [1.82, 2.24) is 9.97 Å². The molecule has 29 heavy (non-hydrogen) atoms. The number of hydrogen-bond donors (Lipinski definition) is 1. The van der Waals surface area contributed by atoms with Gasteiger partial charge < -0.3 is 9.84 Å². The minimum Gasteiger partial charge on any atom is -0.481 e. The van der Waals surface area contributed by atoms with Crippen LogP contribution in [-0.2, 0) is 4.79 Å². The molecule has 4 rings (SSSR count). The Bertz CT molecular complexity index is 952. The van der Waals surface area contributed by atoms with Crippen LogP contribution in [0.3, 0.4) is 0 Å². The van der Waals surface area contributed by atoms with Crippen LogP contribution in [0.15, 0.2) is 66.9 Å². The van der Waals surface area contributed by atoms with Crippen molar-refractivity contribution in [2.24, 2.45) is 11.8 Å². The lowest BCUT2D eigenvalue weighted by atomic mass is 9.82. The average molecular weight is 388 g/mol. The van der Waals surface area contributed by atoms with E-state index in [-0.39, 0.29) is 5.92 Å². The minimum atomic E-state index is -0.684. The number of benzene rings is 2. The fraction of sp³-hybridized carbons (Fsp3) is 0.292. The second kappa shape index (κ2) is 8.86. The third-order valence-corrected chi connectivity index (χ3v) is 5.54. The number of rotatable bonds is 6. The Morgan fingerprint density at radius 1 is 0.931 bits per heavy atom. The van der Waals surface area contributed by atoms with Gasteiger partial charge >= 0.3 is 12.0 Å². The largest absolute Gasteiger partial charge is 0.481 e. The van der Waals surface area contributed by atoms with Crippen LogP contribution in [0.2, 0.25) is 0 Å². The summed E-state index contributed by atoms with van der Waals surface area (Å²) in [6, 6.07) is 20.5. The Morgan fingerprint density at radius 2 is 1.55 bits per heavy atom. The smallest absolute Gasteiger partial charge is 0.316 e. The zero-order chi connectivity index (χ0) is 20.1. The van der Waals surface area contributed by atoms with E-state index < -0.39 is 5.97 Å². The zero-order valence-electron chi connectivity index (χ0n) is 16.2. The first-order valence-corrected chi connectivity index (χ1v) is 10.0. The number of carboxylic acid groups (broad SMARTS) is 1. The molecular weight excluding hydrogens is 364 g/mol. The van der Waals surface area contributed by atoms with Crippen LogP contribution in [0.1, 0.15) is 25.7 Å². The molecule has 1 N–H and O–H groups in total. The lowest BCUT2D eigenvalue weighted by Crippen LogP contribution is -2.24. The summed E-state index contributed by atoms with van der Waals surface area (Å²) >= 11 is 0. The van der Waals surface area contributed by atoms with E-state index in [4.69, 9.17) is 14.8 Å². The summed E-state index contributed by atoms with van der Waals surface area (Å²) in [5.74, 6) is -0.544. The third kappa shape index (κ3) is 4.62. The summed E-state index contributed by atoms with van der Waals surface area (Å²) in [5, 5.41) is 9.14. The first kappa shape index (κ1) is 19.1. The van der Waals surface area contributed by atoms with Crippen LogP contribution in [0.25, 0.3) is 22.4 Å². The molecule has 1 fully saturated rings. The number of aromatic nitrogens is 2. The van der Waals surface area contributed by atoms with Gasteiger partial charge in [0.05, 0.1) is 18.2 Å². The van der Waals surface area contributed by atoms with E-state index in [2.05, 4.69) is 4.98 Å². The van der Waals surface area contributed by atoms with Crippen molar-refractivity contribution < 1.29 is 14.6 Å². The second-order valence-electron chi connectivity index (χ2n) is 7.51. The van der Waals surface area contributed by atoms with Crippen molar-refractivity contribution in [2.45, 2.75) is 25.7 Å². The minimum absolute atomic E-state index is 0.211. The van der Waals surface area contributed by atoms with E-state index in [0.29, 0.717) is 31.4 Å². The SMILES string of the molecule is O=C(O)C1CCC(COc2ncc(-c3ccccc3)c(-c3ccccc3)n2)CC1. The molecule has 148 valence electrons. The highest BCUT2D eigenvalue weighted by molar-refractivity contribution is 5.80. The third-order valence-electron chi connectivity index (χ3n) is 5.54. The maximum Gasteiger partial charge on any atom is 0.316 e. The highest BCUT2D eigenvalue weighted by atomic mass is 16.5. The van der Waals surface area contributed by atoms with E-state index in [9.17, 15) is 4.79 Å². The topological polar surface area (TPSA) is 72.3 Å². The zero-order valence-corrected chi connectivity index (χ0v) is 16.2. The summed E-state index contributed by atoms with van der Waals surface area (Å²) in [7, 11) is 0. The molecule has 2 aromatic carbocycles. The molecular formula is C24H24N2O3. The normalized spacial score (nSPS) is 18.9. The molecule has 5 nitrogen and oxygen atoms in total. The number of ether oxygens (including phenoxy) is 1. The summed E-state index contributed by atoms with van der Waals surface area (Å²) in [6.45, 7) is 0.519. The first-order valence-electron chi connectivity index (χ1n) is 10.0. The molecule has 0 atom stereocenters. The Balaban J connectivity index is 1.52. The Labute approximate surface area is 170 Å². The van der Waals surface area contributed by atoms with Crippen LogP contribution in [0.5, 0.6) is 6.01 Å². The lowest BCUT2D eigenvalue weighted by molar-refractivity contribution is -0.143. The van der Waals surface area contributed by atoms with Gasteiger partial charge in [-0.25, -0.2) is 4.98 Å². The van der Waals surface area contributed by atoms with Gasteiger partial charge in [0.15, 0.2) is 0 Å². The van der Waals surface area contributed by atoms with Crippen molar-refractivity contribution in [2.75, 3.05) is 6.61 Å². The molecule has 0 aliphatic heterocycles. The molecule has 0 amide bonds. The first-order chi connectivity index (χ1) is 14.2. The molecule has 1 saturated carbocycles. The van der Waals surface area contributed by atoms with Gasteiger partial charge in [-0.15, -0.1) is 0 Å². The fourth-order valence-corrected chi connectivity index (χ4v) is 3.85. The Kier molecular flexibility index (Phi) is 5.84. The van der Waals surface area contributed by atoms with Crippen molar-refractivity contribution in [1.29, 1.82) is 0 Å². The van der Waals surface area contributed by atoms with Gasteiger partial charge in [0.1, 0.15) is 0 Å². The van der Waals surface area contributed by atoms with E-state index >= 15 is 0 Å². The predicted molar refractivity (Wildman–Crippen MR) is 111 cm³/mol. The van der Waals surface area contributed by atoms with Crippen LogP contribution < -0.4 is 4.74 Å². The molecule has 3 aromatic rings. The van der Waals surface area contributed by atoms with Gasteiger partial charge in [-0.2, -0.15) is 4.98 Å². The van der Waals surface area contributed by atoms with Crippen LogP contribution in [0.4, 0.5) is 0 Å². The van der Waals surface area contributed by atoms with Gasteiger partial charge in [-0.1, -0.05) is 60.7 Å². The summed E-state index contributed by atoms with van der Waals surface area (Å²) in [4.78, 5) is 20.3. The van der Waals surface area contributed by atoms with Gasteiger partial charge in [0.25, 0.3) is 0 Å². The monoisotopic (exact) mass is 388 g/mol. The molecule has 1 aliphatic carbocycles. The number of hydrogen-bond acceptors (Lipinski definition) is 4. The molecule has 0 unspecified atom stereocenters. The van der Waals surface area contributed by atoms with Crippen molar-refractivity contribution in [3.8, 4) is 28.4 Å². The van der Waals surface area contributed by atoms with E-state index in [1.807, 2.05) is 66.9 Å². The number of carboxylic acids is 1. The van der Waals surface area contributed by atoms with E-state index in [0.717, 1.165) is 35.2 Å². The summed E-state index contributed by atoms with van der Waals surface area (Å²) in [5.41, 5.74) is 3.88. The van der Waals surface area contributed by atoms with Crippen molar-refractivity contribution in [3.05, 3.63) is 66.9 Å². The van der Waals surface area contributed by atoms with Gasteiger partial charge in [0, 0.05) is 17.3 Å². The molecule has 1 heterocycles. The quantitative estimate of drug-likeness (QED) is 0.637. The lowest BCUT2D eigenvalue weighted by Gasteiger charge is -2.25. The van der Waals surface area contributed by atoms with Crippen molar-refractivity contribution >= 4 is 5.97 Å². The van der Waals surface area contributed by atoms with Crippen LogP contribution >= 0.6 is 0 Å². The van der Waals surface area contributed by atoms with Crippen LogP contribution in [0, 0.1) is 11.8 Å². The maximum absolute atomic E-state index is 11.1. The van der Waals surface area contributed by atoms with E-state index in [1.165, 1.54) is 0 Å².